The van der Waals surface area contributed by atoms with Gasteiger partial charge in [-0.3, -0.25) is 0 Å². The molecule has 1 saturated carbocycles. The average molecular weight is 482 g/mol. The van der Waals surface area contributed by atoms with Gasteiger partial charge in [-0.05, 0) is 49.8 Å². The maximum absolute atomic E-state index is 13.8. The first-order chi connectivity index (χ1) is 16.4. The minimum Gasteiger partial charge on any atom is -0.493 e. The number of hydrogen-bond acceptors (Lipinski definition) is 6. The lowest BCUT2D eigenvalue weighted by Crippen LogP contribution is -2.36. The first-order valence-electron chi connectivity index (χ1n) is 11.8. The molecule has 0 amide bonds. The lowest BCUT2D eigenvalue weighted by atomic mass is 9.86. The van der Waals surface area contributed by atoms with Crippen molar-refractivity contribution in [1.29, 1.82) is 0 Å². The van der Waals surface area contributed by atoms with E-state index in [1.165, 1.54) is 44.2 Å². The van der Waals surface area contributed by atoms with Crippen LogP contribution in [0.25, 0.3) is 11.4 Å². The number of nitrogens with two attached hydrogens (primary N) is 1. The molecule has 1 saturated heterocycles. The zero-order chi connectivity index (χ0) is 24.1. The van der Waals surface area contributed by atoms with Crippen molar-refractivity contribution in [1.82, 2.24) is 15.0 Å². The minimum absolute atomic E-state index is 0.0377. The molecule has 0 unspecified atom stereocenters. The second-order valence-electron chi connectivity index (χ2n) is 8.97. The fourth-order valence-corrected chi connectivity index (χ4v) is 4.89. The van der Waals surface area contributed by atoms with E-state index in [1.54, 1.807) is 4.90 Å². The summed E-state index contributed by atoms with van der Waals surface area (Å²) in [6.07, 6.45) is 4.69. The van der Waals surface area contributed by atoms with Gasteiger partial charge in [0.15, 0.2) is 0 Å². The summed E-state index contributed by atoms with van der Waals surface area (Å²) >= 11 is 0. The third-order valence-electron chi connectivity index (χ3n) is 6.66. The molecule has 2 aliphatic rings. The molecule has 0 bridgehead atoms. The van der Waals surface area contributed by atoms with Crippen molar-refractivity contribution in [2.24, 2.45) is 16.8 Å². The van der Waals surface area contributed by atoms with E-state index >= 15 is 0 Å². The third kappa shape index (κ3) is 5.56. The van der Waals surface area contributed by atoms with Crippen LogP contribution in [0.2, 0.25) is 0 Å². The van der Waals surface area contributed by atoms with Crippen LogP contribution in [-0.4, -0.2) is 39.4 Å². The Balaban J connectivity index is 1.46. The molecule has 2 heterocycles. The Labute approximate surface area is 195 Å². The Morgan fingerprint density at radius 2 is 2.00 bits per heavy atom. The number of aromatic nitrogens is 2. The summed E-state index contributed by atoms with van der Waals surface area (Å²) in [5.41, 5.74) is 5.00. The van der Waals surface area contributed by atoms with E-state index in [0.717, 1.165) is 25.3 Å². The second kappa shape index (κ2) is 10.5. The highest BCUT2D eigenvalue weighted by Gasteiger charge is 2.36. The number of alkyl halides is 3. The SMILES string of the molecule is N/C(=N/O)N1CCC[C@H]1c1nc(-c2ccc(OCCCC3CCCCC3)c(C(F)(F)F)c2)no1. The molecule has 3 N–H and O–H groups in total. The van der Waals surface area contributed by atoms with Gasteiger partial charge in [-0.25, -0.2) is 0 Å². The molecule has 8 nitrogen and oxygen atoms in total. The van der Waals surface area contributed by atoms with Crippen molar-refractivity contribution in [3.8, 4) is 17.1 Å². The van der Waals surface area contributed by atoms with Crippen molar-refractivity contribution in [2.45, 2.75) is 70.0 Å². The predicted molar refractivity (Wildman–Crippen MR) is 118 cm³/mol. The second-order valence-corrected chi connectivity index (χ2v) is 8.97. The smallest absolute Gasteiger partial charge is 0.419 e. The van der Waals surface area contributed by atoms with E-state index < -0.39 is 17.8 Å². The van der Waals surface area contributed by atoms with Gasteiger partial charge in [-0.1, -0.05) is 42.4 Å². The number of benzene rings is 1. The molecule has 0 spiro atoms. The standard InChI is InChI=1S/C23H30F3N5O3/c24-23(25,26)17-14-16(10-11-19(17)33-13-5-8-15-6-2-1-3-7-15)20-28-21(34-30-20)18-9-4-12-31(18)22(27)29-32/h10-11,14-15,18,32H,1-9,12-13H2,(H2,27,29)/t18-/m0/s1. The molecule has 2 fully saturated rings. The van der Waals surface area contributed by atoms with Crippen LogP contribution < -0.4 is 10.5 Å². The van der Waals surface area contributed by atoms with Crippen molar-refractivity contribution in [2.75, 3.05) is 13.2 Å². The summed E-state index contributed by atoms with van der Waals surface area (Å²) in [4.78, 5) is 5.90. The van der Waals surface area contributed by atoms with Crippen molar-refractivity contribution in [3.05, 3.63) is 29.7 Å². The van der Waals surface area contributed by atoms with Crippen LogP contribution in [0, 0.1) is 5.92 Å². The lowest BCUT2D eigenvalue weighted by Gasteiger charge is -2.21. The van der Waals surface area contributed by atoms with Gasteiger partial charge in [0.05, 0.1) is 12.2 Å². The Kier molecular flexibility index (Phi) is 7.47. The number of hydrogen-bond donors (Lipinski definition) is 2. The largest absolute Gasteiger partial charge is 0.493 e. The van der Waals surface area contributed by atoms with Crippen LogP contribution in [0.4, 0.5) is 13.2 Å². The minimum atomic E-state index is -4.59. The number of likely N-dealkylation sites (tertiary alicyclic amines) is 1. The average Bonchev–Trinajstić information content (AvgIpc) is 3.51. The maximum Gasteiger partial charge on any atom is 0.419 e. The van der Waals surface area contributed by atoms with E-state index in [9.17, 15) is 13.2 Å². The first kappa shape index (κ1) is 24.2. The van der Waals surface area contributed by atoms with E-state index in [4.69, 9.17) is 20.2 Å². The topological polar surface area (TPSA) is 110 Å². The highest BCUT2D eigenvalue weighted by atomic mass is 19.4. The Bertz CT molecular complexity index is 988. The van der Waals surface area contributed by atoms with Crippen LogP contribution in [0.5, 0.6) is 5.75 Å². The molecule has 1 aliphatic carbocycles. The summed E-state index contributed by atoms with van der Waals surface area (Å²) in [7, 11) is 0. The highest BCUT2D eigenvalue weighted by Crippen LogP contribution is 2.39. The van der Waals surface area contributed by atoms with Gasteiger partial charge in [-0.15, -0.1) is 0 Å². The van der Waals surface area contributed by atoms with Crippen LogP contribution in [0.1, 0.15) is 75.3 Å². The van der Waals surface area contributed by atoms with Crippen LogP contribution in [-0.2, 0) is 6.18 Å². The molecular formula is C23H30F3N5O3. The van der Waals surface area contributed by atoms with Gasteiger partial charge in [0, 0.05) is 12.1 Å². The molecule has 1 aromatic heterocycles. The molecule has 4 rings (SSSR count). The van der Waals surface area contributed by atoms with Crippen LogP contribution in [0.15, 0.2) is 27.9 Å². The molecule has 186 valence electrons. The Hall–Kier alpha value is -2.98. The monoisotopic (exact) mass is 481 g/mol. The quantitative estimate of drug-likeness (QED) is 0.181. The zero-order valence-electron chi connectivity index (χ0n) is 18.9. The first-order valence-corrected chi connectivity index (χ1v) is 11.8. The van der Waals surface area contributed by atoms with Crippen LogP contribution in [0.3, 0.4) is 0 Å². The van der Waals surface area contributed by atoms with Gasteiger partial charge < -0.3 is 25.1 Å². The number of halogens is 3. The molecule has 34 heavy (non-hydrogen) atoms. The summed E-state index contributed by atoms with van der Waals surface area (Å²) < 4.78 is 52.2. The Morgan fingerprint density at radius 1 is 1.21 bits per heavy atom. The zero-order valence-corrected chi connectivity index (χ0v) is 18.9. The molecular weight excluding hydrogens is 451 g/mol. The van der Waals surface area contributed by atoms with Gasteiger partial charge in [0.1, 0.15) is 11.8 Å². The maximum atomic E-state index is 13.8. The summed E-state index contributed by atoms with van der Waals surface area (Å²) in [6, 6.07) is 3.40. The lowest BCUT2D eigenvalue weighted by molar-refractivity contribution is -0.138. The number of ether oxygens (including phenoxy) is 1. The van der Waals surface area contributed by atoms with Crippen molar-refractivity contribution >= 4 is 5.96 Å². The number of rotatable bonds is 7. The molecule has 1 aromatic carbocycles. The summed E-state index contributed by atoms with van der Waals surface area (Å²) in [6.45, 7) is 0.792. The van der Waals surface area contributed by atoms with E-state index in [2.05, 4.69) is 15.3 Å². The fraction of sp³-hybridized carbons (Fsp3) is 0.609. The number of guanidine groups is 1. The molecule has 1 atom stereocenters. The van der Waals surface area contributed by atoms with E-state index in [-0.39, 0.29) is 35.6 Å². The van der Waals surface area contributed by atoms with E-state index in [0.29, 0.717) is 18.9 Å². The fourth-order valence-electron chi connectivity index (χ4n) is 4.89. The molecule has 1 aliphatic heterocycles. The predicted octanol–water partition coefficient (Wildman–Crippen LogP) is 5.34. The molecule has 0 radical (unpaired) electrons. The van der Waals surface area contributed by atoms with E-state index in [1.807, 2.05) is 0 Å². The Morgan fingerprint density at radius 3 is 2.74 bits per heavy atom. The van der Waals surface area contributed by atoms with Crippen LogP contribution >= 0.6 is 0 Å². The van der Waals surface area contributed by atoms with Gasteiger partial charge >= 0.3 is 6.18 Å². The summed E-state index contributed by atoms with van der Waals surface area (Å²) in [5, 5.41) is 15.8. The summed E-state index contributed by atoms with van der Waals surface area (Å²) in [5.74, 6) is 0.625. The molecule has 2 aromatic rings. The highest BCUT2D eigenvalue weighted by molar-refractivity contribution is 5.78. The van der Waals surface area contributed by atoms with Crippen molar-refractivity contribution in [3.63, 3.8) is 0 Å². The number of nitrogens with zero attached hydrogens (tertiary/aromatic N) is 4. The molecule has 11 heteroatoms. The van der Waals surface area contributed by atoms with Gasteiger partial charge in [0.25, 0.3) is 0 Å². The van der Waals surface area contributed by atoms with Gasteiger partial charge in [0.2, 0.25) is 17.7 Å². The van der Waals surface area contributed by atoms with Gasteiger partial charge in [-0.2, -0.15) is 18.2 Å². The third-order valence-corrected chi connectivity index (χ3v) is 6.66. The normalized spacial score (nSPS) is 20.1. The van der Waals surface area contributed by atoms with Crippen molar-refractivity contribution < 1.29 is 27.6 Å². The number of oxime groups is 1.